The van der Waals surface area contributed by atoms with Gasteiger partial charge in [-0.1, -0.05) is 31.0 Å². The summed E-state index contributed by atoms with van der Waals surface area (Å²) in [5.41, 5.74) is 0.804. The predicted molar refractivity (Wildman–Crippen MR) is 72.2 cm³/mol. The molecule has 1 aromatic rings. The van der Waals surface area contributed by atoms with Crippen molar-refractivity contribution in [3.05, 3.63) is 35.4 Å². The van der Waals surface area contributed by atoms with Crippen LogP contribution in [0.15, 0.2) is 24.3 Å². The van der Waals surface area contributed by atoms with Crippen LogP contribution in [0.25, 0.3) is 0 Å². The normalized spacial score (nSPS) is 22.8. The third-order valence-corrected chi connectivity index (χ3v) is 3.60. The summed E-state index contributed by atoms with van der Waals surface area (Å²) >= 11 is 0. The Bertz CT molecular complexity index is 484. The smallest absolute Gasteiger partial charge is 0.252 e. The lowest BCUT2D eigenvalue weighted by atomic mass is 9.92. The van der Waals surface area contributed by atoms with E-state index in [4.69, 9.17) is 0 Å². The minimum Gasteiger partial charge on any atom is -0.391 e. The molecule has 2 rings (SSSR count). The van der Waals surface area contributed by atoms with E-state index in [0.717, 1.165) is 25.7 Å². The quantitative estimate of drug-likeness (QED) is 0.817. The summed E-state index contributed by atoms with van der Waals surface area (Å²) in [6.45, 7) is 1.45. The van der Waals surface area contributed by atoms with E-state index in [1.165, 1.54) is 6.92 Å². The lowest BCUT2D eigenvalue weighted by molar-refractivity contribution is 0.0715. The van der Waals surface area contributed by atoms with Crippen molar-refractivity contribution in [2.75, 3.05) is 0 Å². The van der Waals surface area contributed by atoms with Gasteiger partial charge in [-0.3, -0.25) is 9.59 Å². The van der Waals surface area contributed by atoms with Crippen LogP contribution >= 0.6 is 0 Å². The number of aliphatic hydroxyl groups is 1. The van der Waals surface area contributed by atoms with Crippen LogP contribution < -0.4 is 5.32 Å². The number of benzene rings is 1. The van der Waals surface area contributed by atoms with Crippen LogP contribution in [0.4, 0.5) is 0 Å². The van der Waals surface area contributed by atoms with Crippen molar-refractivity contribution >= 4 is 11.7 Å². The van der Waals surface area contributed by atoms with Crippen LogP contribution in [0.5, 0.6) is 0 Å². The molecule has 4 nitrogen and oxygen atoms in total. The molecule has 0 aliphatic heterocycles. The summed E-state index contributed by atoms with van der Waals surface area (Å²) < 4.78 is 0. The third kappa shape index (κ3) is 3.20. The summed E-state index contributed by atoms with van der Waals surface area (Å²) in [5.74, 6) is -0.410. The number of aliphatic hydroxyl groups excluding tert-OH is 1. The summed E-state index contributed by atoms with van der Waals surface area (Å²) in [4.78, 5) is 23.7. The SMILES string of the molecule is CC(=O)c1ccccc1C(=O)NC1CCCCC1O. The fourth-order valence-electron chi connectivity index (χ4n) is 2.51. The highest BCUT2D eigenvalue weighted by atomic mass is 16.3. The fraction of sp³-hybridized carbons (Fsp3) is 0.467. The number of nitrogens with one attached hydrogen (secondary N) is 1. The molecule has 4 heteroatoms. The Kier molecular flexibility index (Phi) is 4.32. The molecule has 1 aromatic carbocycles. The van der Waals surface area contributed by atoms with Gasteiger partial charge in [0.1, 0.15) is 0 Å². The molecule has 1 saturated carbocycles. The number of hydrogen-bond donors (Lipinski definition) is 2. The number of carbonyl (C=O) groups excluding carboxylic acids is 2. The molecule has 0 radical (unpaired) electrons. The van der Waals surface area contributed by atoms with Crippen molar-refractivity contribution in [2.45, 2.75) is 44.8 Å². The highest BCUT2D eigenvalue weighted by Crippen LogP contribution is 2.19. The van der Waals surface area contributed by atoms with E-state index in [9.17, 15) is 14.7 Å². The van der Waals surface area contributed by atoms with Gasteiger partial charge in [-0.05, 0) is 25.8 Å². The predicted octanol–water partition coefficient (Wildman–Crippen LogP) is 1.92. The van der Waals surface area contributed by atoms with E-state index in [1.54, 1.807) is 24.3 Å². The van der Waals surface area contributed by atoms with Crippen LogP contribution in [-0.2, 0) is 0 Å². The molecule has 102 valence electrons. The minimum atomic E-state index is -0.484. The molecule has 2 N–H and O–H groups in total. The van der Waals surface area contributed by atoms with Gasteiger partial charge in [0.25, 0.3) is 5.91 Å². The van der Waals surface area contributed by atoms with Gasteiger partial charge in [-0.2, -0.15) is 0 Å². The largest absolute Gasteiger partial charge is 0.391 e. The van der Waals surface area contributed by atoms with E-state index in [0.29, 0.717) is 11.1 Å². The number of ketones is 1. The van der Waals surface area contributed by atoms with Gasteiger partial charge in [0, 0.05) is 5.56 Å². The second kappa shape index (κ2) is 5.97. The Hall–Kier alpha value is -1.68. The monoisotopic (exact) mass is 261 g/mol. The van der Waals surface area contributed by atoms with Gasteiger partial charge >= 0.3 is 0 Å². The van der Waals surface area contributed by atoms with E-state index < -0.39 is 6.10 Å². The second-order valence-electron chi connectivity index (χ2n) is 5.03. The first-order valence-corrected chi connectivity index (χ1v) is 6.68. The summed E-state index contributed by atoms with van der Waals surface area (Å²) in [6, 6.07) is 6.55. The minimum absolute atomic E-state index is 0.130. The molecule has 0 aromatic heterocycles. The van der Waals surface area contributed by atoms with Gasteiger partial charge < -0.3 is 10.4 Å². The van der Waals surface area contributed by atoms with Crippen LogP contribution in [0, 0.1) is 0 Å². The van der Waals surface area contributed by atoms with E-state index in [1.807, 2.05) is 0 Å². The maximum Gasteiger partial charge on any atom is 0.252 e. The van der Waals surface area contributed by atoms with Gasteiger partial charge in [-0.25, -0.2) is 0 Å². The maximum atomic E-state index is 12.2. The first-order chi connectivity index (χ1) is 9.09. The molecular formula is C15H19NO3. The molecule has 1 fully saturated rings. The lowest BCUT2D eigenvalue weighted by Crippen LogP contribution is -2.45. The van der Waals surface area contributed by atoms with Crippen molar-refractivity contribution in [1.29, 1.82) is 0 Å². The lowest BCUT2D eigenvalue weighted by Gasteiger charge is -2.28. The van der Waals surface area contributed by atoms with E-state index >= 15 is 0 Å². The second-order valence-corrected chi connectivity index (χ2v) is 5.03. The molecular weight excluding hydrogens is 242 g/mol. The van der Waals surface area contributed by atoms with Crippen LogP contribution in [-0.4, -0.2) is 28.9 Å². The number of amides is 1. The van der Waals surface area contributed by atoms with Crippen molar-refractivity contribution in [1.82, 2.24) is 5.32 Å². The third-order valence-electron chi connectivity index (χ3n) is 3.60. The molecule has 1 aliphatic rings. The molecule has 2 atom stereocenters. The topological polar surface area (TPSA) is 66.4 Å². The number of carbonyl (C=O) groups is 2. The number of hydrogen-bond acceptors (Lipinski definition) is 3. The standard InChI is InChI=1S/C15H19NO3/c1-10(17)11-6-2-3-7-12(11)15(19)16-13-8-4-5-9-14(13)18/h2-3,6-7,13-14,18H,4-5,8-9H2,1H3,(H,16,19). The summed E-state index contributed by atoms with van der Waals surface area (Å²) in [6.07, 6.45) is 3.03. The van der Waals surface area contributed by atoms with Crippen molar-refractivity contribution in [2.24, 2.45) is 0 Å². The Morgan fingerprint density at radius 3 is 2.42 bits per heavy atom. The summed E-state index contributed by atoms with van der Waals surface area (Å²) in [5, 5.41) is 12.7. The van der Waals surface area contributed by atoms with Crippen molar-refractivity contribution in [3.8, 4) is 0 Å². The zero-order valence-corrected chi connectivity index (χ0v) is 11.1. The van der Waals surface area contributed by atoms with Gasteiger partial charge in [-0.15, -0.1) is 0 Å². The van der Waals surface area contributed by atoms with E-state index in [-0.39, 0.29) is 17.7 Å². The Labute approximate surface area is 112 Å². The zero-order chi connectivity index (χ0) is 13.8. The molecule has 1 aliphatic carbocycles. The molecule has 0 bridgehead atoms. The van der Waals surface area contributed by atoms with Gasteiger partial charge in [0.05, 0.1) is 17.7 Å². The molecule has 0 saturated heterocycles. The number of Topliss-reactive ketones (excluding diaryl/α,β-unsaturated/α-hetero) is 1. The first-order valence-electron chi connectivity index (χ1n) is 6.68. The number of rotatable bonds is 3. The average molecular weight is 261 g/mol. The van der Waals surface area contributed by atoms with Crippen LogP contribution in [0.3, 0.4) is 0 Å². The van der Waals surface area contributed by atoms with Crippen LogP contribution in [0.1, 0.15) is 53.3 Å². The molecule has 1 amide bonds. The average Bonchev–Trinajstić information content (AvgIpc) is 2.41. The maximum absolute atomic E-state index is 12.2. The highest BCUT2D eigenvalue weighted by molar-refractivity contribution is 6.07. The van der Waals surface area contributed by atoms with Gasteiger partial charge in [0.15, 0.2) is 5.78 Å². The highest BCUT2D eigenvalue weighted by Gasteiger charge is 2.25. The molecule has 2 unspecified atom stereocenters. The molecule has 0 heterocycles. The first kappa shape index (κ1) is 13.7. The summed E-state index contributed by atoms with van der Waals surface area (Å²) in [7, 11) is 0. The van der Waals surface area contributed by atoms with Crippen molar-refractivity contribution < 1.29 is 14.7 Å². The van der Waals surface area contributed by atoms with Crippen LogP contribution in [0.2, 0.25) is 0 Å². The fourth-order valence-corrected chi connectivity index (χ4v) is 2.51. The Balaban J connectivity index is 2.13. The van der Waals surface area contributed by atoms with Gasteiger partial charge in [0.2, 0.25) is 0 Å². The Morgan fingerprint density at radius 2 is 1.79 bits per heavy atom. The molecule has 19 heavy (non-hydrogen) atoms. The van der Waals surface area contributed by atoms with E-state index in [2.05, 4.69) is 5.32 Å². The zero-order valence-electron chi connectivity index (χ0n) is 11.1. The van der Waals surface area contributed by atoms with Crippen molar-refractivity contribution in [3.63, 3.8) is 0 Å². The Morgan fingerprint density at radius 1 is 1.16 bits per heavy atom. The molecule has 0 spiro atoms.